The minimum atomic E-state index is 0.180. The van der Waals surface area contributed by atoms with E-state index in [0.717, 1.165) is 0 Å². The zero-order valence-electron chi connectivity index (χ0n) is 23.0. The first kappa shape index (κ1) is 23.8. The van der Waals surface area contributed by atoms with E-state index in [2.05, 4.69) is 143 Å². The highest BCUT2D eigenvalue weighted by atomic mass is 32.2. The van der Waals surface area contributed by atoms with E-state index < -0.39 is 0 Å². The minimum absolute atomic E-state index is 0.180. The monoisotopic (exact) mass is 584 g/mol. The smallest absolute Gasteiger partial charge is 0.103 e. The lowest BCUT2D eigenvalue weighted by Crippen LogP contribution is -2.02. The Bertz CT molecular complexity index is 2480. The number of nitrogens with one attached hydrogen (secondary N) is 1. The van der Waals surface area contributed by atoms with Gasteiger partial charge in [0.2, 0.25) is 0 Å². The lowest BCUT2D eigenvalue weighted by atomic mass is 10.0. The fourth-order valence-electron chi connectivity index (χ4n) is 6.93. The second kappa shape index (κ2) is 8.87. The Labute approximate surface area is 256 Å². The number of nitrogens with zero attached hydrogens (tertiary/aromatic N) is 1. The topological polar surface area (TPSA) is 17.0 Å². The molecule has 3 heterocycles. The van der Waals surface area contributed by atoms with Crippen molar-refractivity contribution in [2.45, 2.75) is 10.3 Å². The summed E-state index contributed by atoms with van der Waals surface area (Å²) < 4.78 is 5.15. The van der Waals surface area contributed by atoms with E-state index in [1.807, 2.05) is 23.1 Å². The summed E-state index contributed by atoms with van der Waals surface area (Å²) in [4.78, 5) is 1.37. The van der Waals surface area contributed by atoms with Crippen molar-refractivity contribution in [2.75, 3.05) is 5.32 Å². The van der Waals surface area contributed by atoms with Crippen molar-refractivity contribution in [1.82, 2.24) is 4.57 Å². The summed E-state index contributed by atoms with van der Waals surface area (Å²) in [7, 11) is 0. The van der Waals surface area contributed by atoms with Gasteiger partial charge in [0.25, 0.3) is 0 Å². The maximum atomic E-state index is 3.81. The fourth-order valence-corrected chi connectivity index (χ4v) is 9.41. The van der Waals surface area contributed by atoms with Gasteiger partial charge in [0.15, 0.2) is 0 Å². The second-order valence-corrected chi connectivity index (χ2v) is 13.6. The summed E-state index contributed by atoms with van der Waals surface area (Å²) in [5, 5.41) is 14.4. The summed E-state index contributed by atoms with van der Waals surface area (Å²) in [6.07, 6.45) is 0. The Morgan fingerprint density at radius 1 is 0.535 bits per heavy atom. The van der Waals surface area contributed by atoms with E-state index in [1.54, 1.807) is 0 Å². The Kier molecular flexibility index (Phi) is 4.90. The van der Waals surface area contributed by atoms with Gasteiger partial charge >= 0.3 is 0 Å². The normalized spacial score (nSPS) is 14.8. The van der Waals surface area contributed by atoms with E-state index in [1.165, 1.54) is 85.4 Å². The number of thioether (sulfide) groups is 1. The van der Waals surface area contributed by atoms with Crippen molar-refractivity contribution in [3.8, 4) is 5.69 Å². The van der Waals surface area contributed by atoms with Crippen molar-refractivity contribution >= 4 is 92.3 Å². The molecule has 0 spiro atoms. The third kappa shape index (κ3) is 3.48. The van der Waals surface area contributed by atoms with E-state index in [4.69, 9.17) is 0 Å². The molecular weight excluding hydrogens is 561 g/mol. The Hall–Kier alpha value is -4.77. The van der Waals surface area contributed by atoms with Crippen LogP contribution >= 0.6 is 23.1 Å². The van der Waals surface area contributed by atoms with Crippen molar-refractivity contribution in [1.29, 1.82) is 0 Å². The predicted octanol–water partition coefficient (Wildman–Crippen LogP) is 11.7. The summed E-state index contributed by atoms with van der Waals surface area (Å²) in [5.41, 5.74) is 6.18. The summed E-state index contributed by atoms with van der Waals surface area (Å²) in [5.74, 6) is 0. The van der Waals surface area contributed by atoms with Crippen molar-refractivity contribution in [2.24, 2.45) is 0 Å². The molecule has 1 N–H and O–H groups in total. The molecule has 2 aromatic heterocycles. The van der Waals surface area contributed by atoms with Gasteiger partial charge in [-0.1, -0.05) is 90.6 Å². The highest BCUT2D eigenvalue weighted by molar-refractivity contribution is 8.00. The maximum Gasteiger partial charge on any atom is 0.103 e. The zero-order valence-corrected chi connectivity index (χ0v) is 24.7. The SMILES string of the molecule is c1ccc2cc3c(cc2c1)c1cc2ccccc2cc1n3-c1ccc(C2Nc3ccc4sc5ccccc5c4c3S2)cc1. The number of fused-ring (bicyclic) bond motifs is 10. The molecule has 2 nitrogen and oxygen atoms in total. The van der Waals surface area contributed by atoms with Gasteiger partial charge in [-0.2, -0.15) is 0 Å². The van der Waals surface area contributed by atoms with Gasteiger partial charge in [0.05, 0.1) is 11.0 Å². The molecule has 0 fully saturated rings. The molecule has 1 aliphatic rings. The van der Waals surface area contributed by atoms with Crippen LogP contribution in [0.4, 0.5) is 5.69 Å². The highest BCUT2D eigenvalue weighted by Gasteiger charge is 2.26. The van der Waals surface area contributed by atoms with E-state index in [0.29, 0.717) is 0 Å². The van der Waals surface area contributed by atoms with Gasteiger partial charge in [0.1, 0.15) is 5.37 Å². The first-order valence-electron chi connectivity index (χ1n) is 14.6. The summed E-state index contributed by atoms with van der Waals surface area (Å²) in [6.45, 7) is 0. The first-order valence-corrected chi connectivity index (χ1v) is 16.3. The lowest BCUT2D eigenvalue weighted by Gasteiger charge is -2.13. The van der Waals surface area contributed by atoms with Crippen LogP contribution in [0.1, 0.15) is 10.9 Å². The highest BCUT2D eigenvalue weighted by Crippen LogP contribution is 2.52. The molecule has 1 aliphatic heterocycles. The second-order valence-electron chi connectivity index (χ2n) is 11.4. The van der Waals surface area contributed by atoms with Gasteiger partial charge in [0, 0.05) is 47.2 Å². The molecule has 0 aliphatic carbocycles. The Morgan fingerprint density at radius 2 is 1.14 bits per heavy atom. The quantitative estimate of drug-likeness (QED) is 0.218. The molecule has 43 heavy (non-hydrogen) atoms. The van der Waals surface area contributed by atoms with Crippen LogP contribution in [0.3, 0.4) is 0 Å². The maximum absolute atomic E-state index is 3.81. The number of anilines is 1. The van der Waals surface area contributed by atoms with Gasteiger partial charge in [-0.15, -0.1) is 11.3 Å². The molecule has 1 unspecified atom stereocenters. The zero-order chi connectivity index (χ0) is 28.1. The molecule has 0 bridgehead atoms. The van der Waals surface area contributed by atoms with Crippen molar-refractivity contribution < 1.29 is 0 Å². The first-order chi connectivity index (χ1) is 21.3. The third-order valence-electron chi connectivity index (χ3n) is 8.97. The molecule has 9 aromatic rings. The molecule has 0 amide bonds. The number of hydrogen-bond donors (Lipinski definition) is 1. The molecule has 0 saturated carbocycles. The van der Waals surface area contributed by atoms with Crippen molar-refractivity contribution in [3.05, 3.63) is 139 Å². The van der Waals surface area contributed by atoms with E-state index in [9.17, 15) is 0 Å². The molecule has 202 valence electrons. The van der Waals surface area contributed by atoms with Gasteiger partial charge in [-0.05, 0) is 81.7 Å². The average Bonchev–Trinajstić information content (AvgIpc) is 3.74. The predicted molar refractivity (Wildman–Crippen MR) is 187 cm³/mol. The van der Waals surface area contributed by atoms with Crippen LogP contribution in [-0.4, -0.2) is 4.57 Å². The Morgan fingerprint density at radius 3 is 1.81 bits per heavy atom. The fraction of sp³-hybridized carbons (Fsp3) is 0.0256. The average molecular weight is 585 g/mol. The number of benzene rings is 7. The number of hydrogen-bond acceptors (Lipinski definition) is 3. The standard InChI is InChI=1S/C39H24N2S2/c1-3-9-26-21-33-30(19-24(26)7-1)31-20-25-8-2-4-10-27(25)22-34(31)41(33)28-15-13-23(14-16-28)39-40-32-17-18-36-37(38(32)43-39)29-11-5-6-12-35(29)42-36/h1-22,39-40H. The number of aromatic nitrogens is 1. The molecule has 0 saturated heterocycles. The van der Waals surface area contributed by atoms with E-state index >= 15 is 0 Å². The van der Waals surface area contributed by atoms with Gasteiger partial charge in [-0.25, -0.2) is 0 Å². The van der Waals surface area contributed by atoms with Crippen LogP contribution in [0, 0.1) is 0 Å². The molecule has 7 aromatic carbocycles. The van der Waals surface area contributed by atoms with Crippen molar-refractivity contribution in [3.63, 3.8) is 0 Å². The third-order valence-corrected chi connectivity index (χ3v) is 11.4. The number of rotatable bonds is 2. The lowest BCUT2D eigenvalue weighted by molar-refractivity contribution is 1.12. The van der Waals surface area contributed by atoms with Crippen LogP contribution in [0.15, 0.2) is 138 Å². The summed E-state index contributed by atoms with van der Waals surface area (Å²) in [6, 6.07) is 49.3. The molecule has 10 rings (SSSR count). The minimum Gasteiger partial charge on any atom is -0.368 e. The molecular formula is C39H24N2S2. The van der Waals surface area contributed by atoms with Crippen LogP contribution < -0.4 is 5.32 Å². The van der Waals surface area contributed by atoms with Crippen LogP contribution in [0.5, 0.6) is 0 Å². The largest absolute Gasteiger partial charge is 0.368 e. The van der Waals surface area contributed by atoms with Crippen LogP contribution in [0.25, 0.3) is 69.2 Å². The van der Waals surface area contributed by atoms with Gasteiger partial charge < -0.3 is 9.88 Å². The summed E-state index contributed by atoms with van der Waals surface area (Å²) >= 11 is 3.82. The van der Waals surface area contributed by atoms with Gasteiger partial charge in [-0.3, -0.25) is 0 Å². The molecule has 1 atom stereocenters. The number of thiophene rings is 1. The van der Waals surface area contributed by atoms with Crippen LogP contribution in [0.2, 0.25) is 0 Å². The van der Waals surface area contributed by atoms with Crippen LogP contribution in [-0.2, 0) is 0 Å². The Balaban J connectivity index is 1.11. The molecule has 4 heteroatoms. The molecule has 0 radical (unpaired) electrons. The van der Waals surface area contributed by atoms with E-state index in [-0.39, 0.29) is 5.37 Å².